The molecule has 0 atom stereocenters. The highest BCUT2D eigenvalue weighted by Gasteiger charge is 2.23. The van der Waals surface area contributed by atoms with Crippen molar-refractivity contribution in [2.75, 3.05) is 0 Å². The van der Waals surface area contributed by atoms with Gasteiger partial charge in [-0.2, -0.15) is 0 Å². The zero-order valence-corrected chi connectivity index (χ0v) is 27.5. The van der Waals surface area contributed by atoms with Gasteiger partial charge in [-0.1, -0.05) is 115 Å². The molecule has 3 heterocycles. The van der Waals surface area contributed by atoms with Crippen LogP contribution >= 0.6 is 0 Å². The molecule has 0 bridgehead atoms. The van der Waals surface area contributed by atoms with E-state index in [1.807, 2.05) is 0 Å². The molecule has 0 N–H and O–H groups in total. The van der Waals surface area contributed by atoms with Crippen molar-refractivity contribution in [3.8, 4) is 22.5 Å². The van der Waals surface area contributed by atoms with Gasteiger partial charge in [0.05, 0.1) is 22.1 Å². The van der Waals surface area contributed by atoms with Crippen LogP contribution in [0.5, 0.6) is 0 Å². The molecule has 0 radical (unpaired) electrons. The second kappa shape index (κ2) is 9.87. The molecule has 3 aromatic heterocycles. The quantitative estimate of drug-likeness (QED) is 0.175. The van der Waals surface area contributed by atoms with Gasteiger partial charge in [-0.15, -0.1) is 0 Å². The van der Waals surface area contributed by atoms with Gasteiger partial charge in [0.2, 0.25) is 0 Å². The van der Waals surface area contributed by atoms with Crippen molar-refractivity contribution in [3.05, 3.63) is 170 Å². The van der Waals surface area contributed by atoms with E-state index < -0.39 is 0 Å². The van der Waals surface area contributed by atoms with Gasteiger partial charge in [-0.3, -0.25) is 0 Å². The number of nitrogens with zero attached hydrogens (tertiary/aromatic N) is 2. The van der Waals surface area contributed by atoms with Crippen molar-refractivity contribution in [2.24, 2.45) is 0 Å². The fraction of sp³-hybridized carbons (Fsp3) is 0. The third-order valence-corrected chi connectivity index (χ3v) is 11.0. The molecule has 3 nitrogen and oxygen atoms in total. The summed E-state index contributed by atoms with van der Waals surface area (Å²) in [6, 6.07) is 61.7. The van der Waals surface area contributed by atoms with Crippen LogP contribution in [0.2, 0.25) is 0 Å². The summed E-state index contributed by atoms with van der Waals surface area (Å²) in [7, 11) is 0. The zero-order chi connectivity index (χ0) is 33.2. The molecule has 0 fully saturated rings. The minimum Gasteiger partial charge on any atom is -0.456 e. The number of furan rings is 1. The number of rotatable bonds is 3. The molecule has 9 aromatic carbocycles. The Morgan fingerprint density at radius 3 is 1.63 bits per heavy atom. The van der Waals surface area contributed by atoms with Crippen molar-refractivity contribution in [2.45, 2.75) is 0 Å². The van der Waals surface area contributed by atoms with E-state index in [0.29, 0.717) is 0 Å². The Labute approximate surface area is 292 Å². The van der Waals surface area contributed by atoms with Crippen molar-refractivity contribution >= 4 is 87.1 Å². The number of hydrogen-bond donors (Lipinski definition) is 0. The fourth-order valence-corrected chi connectivity index (χ4v) is 8.92. The van der Waals surface area contributed by atoms with Crippen LogP contribution in [0.1, 0.15) is 0 Å². The minimum atomic E-state index is 0.927. The van der Waals surface area contributed by atoms with Gasteiger partial charge < -0.3 is 13.6 Å². The van der Waals surface area contributed by atoms with Crippen LogP contribution in [0.25, 0.3) is 110 Å². The molecule has 3 heteroatoms. The molecule has 12 rings (SSSR count). The zero-order valence-electron chi connectivity index (χ0n) is 27.5. The van der Waals surface area contributed by atoms with Gasteiger partial charge in [0.25, 0.3) is 0 Å². The maximum atomic E-state index is 6.59. The molecule has 0 saturated carbocycles. The van der Waals surface area contributed by atoms with Crippen LogP contribution in [0, 0.1) is 0 Å². The van der Waals surface area contributed by atoms with E-state index in [1.165, 1.54) is 81.5 Å². The lowest BCUT2D eigenvalue weighted by atomic mass is 9.92. The molecule has 51 heavy (non-hydrogen) atoms. The third kappa shape index (κ3) is 3.57. The van der Waals surface area contributed by atoms with Gasteiger partial charge in [0.1, 0.15) is 11.2 Å². The number of fused-ring (bicyclic) bond motifs is 10. The Kier molecular flexibility index (Phi) is 5.23. The Balaban J connectivity index is 1.24. The van der Waals surface area contributed by atoms with E-state index in [0.717, 1.165) is 28.1 Å². The second-order valence-corrected chi connectivity index (χ2v) is 13.7. The van der Waals surface area contributed by atoms with Crippen LogP contribution in [-0.4, -0.2) is 9.13 Å². The molecule has 0 aliphatic carbocycles. The number of hydrogen-bond acceptors (Lipinski definition) is 1. The lowest BCUT2D eigenvalue weighted by Crippen LogP contribution is -1.99. The molecule has 0 amide bonds. The van der Waals surface area contributed by atoms with E-state index in [1.54, 1.807) is 0 Å². The smallest absolute Gasteiger partial charge is 0.136 e. The number of aromatic nitrogens is 2. The SMILES string of the molecule is c1ccc(-c2cc3oc4cccc5c6cc(-n7c8ccccc8c8ccc9c%10ccccc%10n(-c%10ccccc%10)c9c87)ccc6c(c2)c3c45)cc1. The van der Waals surface area contributed by atoms with Crippen molar-refractivity contribution in [3.63, 3.8) is 0 Å². The standard InChI is InChI=1S/C48H28N2O/c1-3-12-29(13-4-1)30-26-40-33-23-22-32(28-39(33)36-18-11-21-43-45(36)46(40)44(27-30)51-43)50-42-20-10-8-17-35(42)38-25-24-37-34-16-7-9-19-41(34)49(47(37)48(38)50)31-14-5-2-6-15-31/h1-28H. The highest BCUT2D eigenvalue weighted by Crippen LogP contribution is 2.46. The Morgan fingerprint density at radius 2 is 0.902 bits per heavy atom. The van der Waals surface area contributed by atoms with Crippen LogP contribution in [0.4, 0.5) is 0 Å². The maximum absolute atomic E-state index is 6.59. The average molecular weight is 649 g/mol. The molecule has 0 aliphatic heterocycles. The largest absolute Gasteiger partial charge is 0.456 e. The Morgan fingerprint density at radius 1 is 0.314 bits per heavy atom. The first-order valence-electron chi connectivity index (χ1n) is 17.5. The van der Waals surface area contributed by atoms with Gasteiger partial charge >= 0.3 is 0 Å². The molecule has 0 unspecified atom stereocenters. The third-order valence-electron chi connectivity index (χ3n) is 11.0. The summed E-state index contributed by atoms with van der Waals surface area (Å²) in [6.45, 7) is 0. The molecular formula is C48H28N2O. The monoisotopic (exact) mass is 648 g/mol. The van der Waals surface area contributed by atoms with Gasteiger partial charge in [-0.25, -0.2) is 0 Å². The van der Waals surface area contributed by atoms with Crippen molar-refractivity contribution in [1.82, 2.24) is 9.13 Å². The first kappa shape index (κ1) is 27.0. The van der Waals surface area contributed by atoms with Crippen LogP contribution < -0.4 is 0 Å². The van der Waals surface area contributed by atoms with Gasteiger partial charge in [-0.05, 0) is 87.3 Å². The topological polar surface area (TPSA) is 23.0 Å². The predicted molar refractivity (Wildman–Crippen MR) is 214 cm³/mol. The molecular weight excluding hydrogens is 621 g/mol. The summed E-state index contributed by atoms with van der Waals surface area (Å²) in [4.78, 5) is 0. The second-order valence-electron chi connectivity index (χ2n) is 13.7. The summed E-state index contributed by atoms with van der Waals surface area (Å²) in [5, 5.41) is 12.3. The summed E-state index contributed by atoms with van der Waals surface area (Å²) >= 11 is 0. The molecule has 236 valence electrons. The first-order valence-corrected chi connectivity index (χ1v) is 17.5. The highest BCUT2D eigenvalue weighted by atomic mass is 16.3. The van der Waals surface area contributed by atoms with Crippen LogP contribution in [-0.2, 0) is 0 Å². The predicted octanol–water partition coefficient (Wildman–Crippen LogP) is 13.2. The van der Waals surface area contributed by atoms with E-state index in [4.69, 9.17) is 4.42 Å². The van der Waals surface area contributed by atoms with Crippen LogP contribution in [0.15, 0.2) is 174 Å². The first-order chi connectivity index (χ1) is 25.3. The van der Waals surface area contributed by atoms with E-state index in [-0.39, 0.29) is 0 Å². The molecule has 0 aliphatic rings. The van der Waals surface area contributed by atoms with Gasteiger partial charge in [0, 0.05) is 43.7 Å². The number of para-hydroxylation sites is 3. The minimum absolute atomic E-state index is 0.927. The average Bonchev–Trinajstić information content (AvgIpc) is 3.86. The van der Waals surface area contributed by atoms with E-state index in [9.17, 15) is 0 Å². The molecule has 0 saturated heterocycles. The normalized spacial score (nSPS) is 12.3. The summed E-state index contributed by atoms with van der Waals surface area (Å²) < 4.78 is 11.5. The maximum Gasteiger partial charge on any atom is 0.136 e. The highest BCUT2D eigenvalue weighted by molar-refractivity contribution is 6.34. The fourth-order valence-electron chi connectivity index (χ4n) is 8.92. The Bertz CT molecular complexity index is 3340. The lowest BCUT2D eigenvalue weighted by Gasteiger charge is -2.15. The Hall–Kier alpha value is -6.84. The molecule has 12 aromatic rings. The molecule has 0 spiro atoms. The van der Waals surface area contributed by atoms with Crippen molar-refractivity contribution in [1.29, 1.82) is 0 Å². The lowest BCUT2D eigenvalue weighted by molar-refractivity contribution is 0.669. The van der Waals surface area contributed by atoms with Gasteiger partial charge in [0.15, 0.2) is 0 Å². The number of benzene rings is 9. The summed E-state index contributed by atoms with van der Waals surface area (Å²) in [6.07, 6.45) is 0. The van der Waals surface area contributed by atoms with E-state index >= 15 is 0 Å². The summed E-state index contributed by atoms with van der Waals surface area (Å²) in [5.41, 5.74) is 11.3. The van der Waals surface area contributed by atoms with E-state index in [2.05, 4.69) is 179 Å². The van der Waals surface area contributed by atoms with Crippen LogP contribution in [0.3, 0.4) is 0 Å². The summed E-state index contributed by atoms with van der Waals surface area (Å²) in [5.74, 6) is 0. The van der Waals surface area contributed by atoms with Crippen molar-refractivity contribution < 1.29 is 4.42 Å².